The molecule has 0 spiro atoms. The van der Waals surface area contributed by atoms with Gasteiger partial charge in [-0.1, -0.05) is 0 Å². The van der Waals surface area contributed by atoms with Gasteiger partial charge in [-0.2, -0.15) is 5.26 Å². The van der Waals surface area contributed by atoms with Gasteiger partial charge in [0.2, 0.25) is 0 Å². The minimum absolute atomic E-state index is 0.0447. The number of carboxylic acids is 1. The lowest BCUT2D eigenvalue weighted by Gasteiger charge is -2.08. The number of nitrogens with one attached hydrogen (secondary N) is 1. The van der Waals surface area contributed by atoms with Crippen molar-refractivity contribution in [2.75, 3.05) is 13.2 Å². The number of carbonyl (C=O) groups excluding carboxylic acids is 1. The third kappa shape index (κ3) is 5.37. The molecule has 20 heavy (non-hydrogen) atoms. The molecule has 1 amide bonds. The smallest absolute Gasteiger partial charge is 0.332 e. The monoisotopic (exact) mass is 278 g/mol. The molecule has 7 heteroatoms. The van der Waals surface area contributed by atoms with Crippen LogP contribution in [0.3, 0.4) is 0 Å². The highest BCUT2D eigenvalue weighted by Gasteiger charge is 2.12. The number of amides is 1. The topological polar surface area (TPSA) is 120 Å². The summed E-state index contributed by atoms with van der Waals surface area (Å²) in [5.74, 6) is -1.30. The van der Waals surface area contributed by atoms with Crippen molar-refractivity contribution in [1.29, 1.82) is 5.26 Å². The normalized spacial score (nSPS) is 11.2. The molecule has 0 aliphatic rings. The standard InChI is InChI=1S/C13H14N2O5/c14-7-9-1-3-10(4-2-9)20-8-12(17)15-6-5-11(16)13(18)19/h1-4,11,16H,5-6,8H2,(H,15,17)(H,18,19). The number of hydrogen-bond acceptors (Lipinski definition) is 5. The van der Waals surface area contributed by atoms with E-state index in [1.54, 1.807) is 24.3 Å². The molecule has 1 aromatic carbocycles. The van der Waals surface area contributed by atoms with E-state index in [1.807, 2.05) is 6.07 Å². The lowest BCUT2D eigenvalue weighted by atomic mass is 10.2. The number of carbonyl (C=O) groups is 2. The fourth-order valence-corrected chi connectivity index (χ4v) is 1.30. The SMILES string of the molecule is N#Cc1ccc(OCC(=O)NCCC(O)C(=O)O)cc1. The molecule has 0 aliphatic carbocycles. The van der Waals surface area contributed by atoms with E-state index in [0.29, 0.717) is 11.3 Å². The van der Waals surface area contributed by atoms with Crippen molar-refractivity contribution < 1.29 is 24.5 Å². The molecule has 0 aliphatic heterocycles. The van der Waals surface area contributed by atoms with Crippen LogP contribution in [0, 0.1) is 11.3 Å². The van der Waals surface area contributed by atoms with Crippen LogP contribution in [0.4, 0.5) is 0 Å². The van der Waals surface area contributed by atoms with Gasteiger partial charge in [0.25, 0.3) is 5.91 Å². The van der Waals surface area contributed by atoms with Gasteiger partial charge in [0, 0.05) is 13.0 Å². The zero-order valence-electron chi connectivity index (χ0n) is 10.6. The third-order valence-electron chi connectivity index (χ3n) is 2.38. The lowest BCUT2D eigenvalue weighted by Crippen LogP contribution is -2.33. The Morgan fingerprint density at radius 3 is 2.55 bits per heavy atom. The van der Waals surface area contributed by atoms with E-state index in [2.05, 4.69) is 5.32 Å². The molecule has 0 fully saturated rings. The van der Waals surface area contributed by atoms with Crippen LogP contribution in [0.25, 0.3) is 0 Å². The molecule has 0 bridgehead atoms. The second-order valence-electron chi connectivity index (χ2n) is 3.92. The van der Waals surface area contributed by atoms with Crippen molar-refractivity contribution in [2.45, 2.75) is 12.5 Å². The Morgan fingerprint density at radius 1 is 1.35 bits per heavy atom. The first-order valence-electron chi connectivity index (χ1n) is 5.83. The summed E-state index contributed by atoms with van der Waals surface area (Å²) in [4.78, 5) is 21.7. The number of aliphatic carboxylic acids is 1. The second-order valence-corrected chi connectivity index (χ2v) is 3.92. The summed E-state index contributed by atoms with van der Waals surface area (Å²) in [6, 6.07) is 8.23. The van der Waals surface area contributed by atoms with Crippen LogP contribution in [0.15, 0.2) is 24.3 Å². The number of nitrogens with zero attached hydrogens (tertiary/aromatic N) is 1. The summed E-state index contributed by atoms with van der Waals surface area (Å²) < 4.78 is 5.17. The van der Waals surface area contributed by atoms with Crippen molar-refractivity contribution in [3.05, 3.63) is 29.8 Å². The predicted molar refractivity (Wildman–Crippen MR) is 67.9 cm³/mol. The van der Waals surface area contributed by atoms with E-state index in [4.69, 9.17) is 20.2 Å². The van der Waals surface area contributed by atoms with Gasteiger partial charge in [-0.15, -0.1) is 0 Å². The summed E-state index contributed by atoms with van der Waals surface area (Å²) >= 11 is 0. The minimum Gasteiger partial charge on any atom is -0.484 e. The molecule has 1 rings (SSSR count). The van der Waals surface area contributed by atoms with Crippen molar-refractivity contribution in [3.8, 4) is 11.8 Å². The zero-order chi connectivity index (χ0) is 15.0. The van der Waals surface area contributed by atoms with Crippen LogP contribution in [-0.4, -0.2) is 41.3 Å². The second kappa shape index (κ2) is 7.76. The molecule has 3 N–H and O–H groups in total. The van der Waals surface area contributed by atoms with Crippen molar-refractivity contribution in [2.24, 2.45) is 0 Å². The highest BCUT2D eigenvalue weighted by atomic mass is 16.5. The first-order valence-corrected chi connectivity index (χ1v) is 5.83. The number of rotatable bonds is 7. The maximum Gasteiger partial charge on any atom is 0.332 e. The summed E-state index contributed by atoms with van der Waals surface area (Å²) in [5, 5.41) is 28.5. The van der Waals surface area contributed by atoms with Gasteiger partial charge < -0.3 is 20.3 Å². The number of carboxylic acid groups (broad SMARTS) is 1. The van der Waals surface area contributed by atoms with E-state index in [1.165, 1.54) is 0 Å². The number of hydrogen-bond donors (Lipinski definition) is 3. The molecule has 0 heterocycles. The maximum atomic E-state index is 11.4. The predicted octanol–water partition coefficient (Wildman–Crippen LogP) is -0.111. The van der Waals surface area contributed by atoms with Gasteiger partial charge in [-0.3, -0.25) is 4.79 Å². The Labute approximate surface area is 115 Å². The number of benzene rings is 1. The number of aliphatic hydroxyl groups is 1. The molecule has 1 unspecified atom stereocenters. The Balaban J connectivity index is 2.26. The van der Waals surface area contributed by atoms with Crippen LogP contribution in [0.5, 0.6) is 5.75 Å². The van der Waals surface area contributed by atoms with E-state index in [9.17, 15) is 9.59 Å². The quantitative estimate of drug-likeness (QED) is 0.640. The molecular formula is C13H14N2O5. The Hall–Kier alpha value is -2.59. The van der Waals surface area contributed by atoms with Crippen molar-refractivity contribution in [3.63, 3.8) is 0 Å². The Kier molecular flexibility index (Phi) is 6.00. The average Bonchev–Trinajstić information content (AvgIpc) is 2.45. The van der Waals surface area contributed by atoms with E-state index < -0.39 is 18.0 Å². The van der Waals surface area contributed by atoms with Crippen molar-refractivity contribution >= 4 is 11.9 Å². The summed E-state index contributed by atoms with van der Waals surface area (Å²) in [5.41, 5.74) is 0.490. The van der Waals surface area contributed by atoms with E-state index >= 15 is 0 Å². The van der Waals surface area contributed by atoms with Gasteiger partial charge in [0.15, 0.2) is 12.7 Å². The van der Waals surface area contributed by atoms with Gasteiger partial charge >= 0.3 is 5.97 Å². The molecule has 1 aromatic rings. The van der Waals surface area contributed by atoms with Gasteiger partial charge in [-0.25, -0.2) is 4.79 Å². The molecule has 1 atom stereocenters. The lowest BCUT2D eigenvalue weighted by molar-refractivity contribution is -0.147. The molecule has 0 aromatic heterocycles. The van der Waals surface area contributed by atoms with Crippen LogP contribution in [0.1, 0.15) is 12.0 Å². The summed E-state index contributed by atoms with van der Waals surface area (Å²) in [7, 11) is 0. The molecule has 7 nitrogen and oxygen atoms in total. The highest BCUT2D eigenvalue weighted by molar-refractivity contribution is 5.77. The molecular weight excluding hydrogens is 264 g/mol. The zero-order valence-corrected chi connectivity index (χ0v) is 10.6. The Morgan fingerprint density at radius 2 is 2.00 bits per heavy atom. The van der Waals surface area contributed by atoms with Crippen LogP contribution in [0.2, 0.25) is 0 Å². The van der Waals surface area contributed by atoms with Crippen LogP contribution in [-0.2, 0) is 9.59 Å². The number of nitriles is 1. The molecule has 0 saturated heterocycles. The fraction of sp³-hybridized carbons (Fsp3) is 0.308. The molecule has 106 valence electrons. The fourth-order valence-electron chi connectivity index (χ4n) is 1.30. The first-order chi connectivity index (χ1) is 9.52. The van der Waals surface area contributed by atoms with E-state index in [0.717, 1.165) is 0 Å². The van der Waals surface area contributed by atoms with Gasteiger partial charge in [0.05, 0.1) is 11.6 Å². The van der Waals surface area contributed by atoms with Gasteiger partial charge in [-0.05, 0) is 24.3 Å². The highest BCUT2D eigenvalue weighted by Crippen LogP contribution is 2.11. The van der Waals surface area contributed by atoms with Gasteiger partial charge in [0.1, 0.15) is 5.75 Å². The maximum absolute atomic E-state index is 11.4. The number of aliphatic hydroxyl groups excluding tert-OH is 1. The molecule has 0 saturated carbocycles. The summed E-state index contributed by atoms with van der Waals surface area (Å²) in [6.45, 7) is -0.182. The largest absolute Gasteiger partial charge is 0.484 e. The minimum atomic E-state index is -1.49. The molecule has 0 radical (unpaired) electrons. The third-order valence-corrected chi connectivity index (χ3v) is 2.38. The Bertz CT molecular complexity index is 506. The summed E-state index contributed by atoms with van der Waals surface area (Å²) in [6.07, 6.45) is -1.56. The number of ether oxygens (including phenoxy) is 1. The van der Waals surface area contributed by atoms with E-state index in [-0.39, 0.29) is 19.6 Å². The average molecular weight is 278 g/mol. The first kappa shape index (κ1) is 15.5. The van der Waals surface area contributed by atoms with Crippen LogP contribution < -0.4 is 10.1 Å². The van der Waals surface area contributed by atoms with Crippen molar-refractivity contribution in [1.82, 2.24) is 5.32 Å². The van der Waals surface area contributed by atoms with Crippen LogP contribution >= 0.6 is 0 Å².